The van der Waals surface area contributed by atoms with Gasteiger partial charge in [-0.1, -0.05) is 18.2 Å². The molecule has 212 valence electrons. The highest BCUT2D eigenvalue weighted by molar-refractivity contribution is 7.98. The van der Waals surface area contributed by atoms with Crippen LogP contribution < -0.4 is 4.74 Å². The van der Waals surface area contributed by atoms with Crippen molar-refractivity contribution < 1.29 is 4.74 Å². The smallest absolute Gasteiger partial charge is 0.137 e. The molecule has 0 N–H and O–H groups in total. The molecule has 6 heteroatoms. The lowest BCUT2D eigenvalue weighted by Gasteiger charge is -2.12. The van der Waals surface area contributed by atoms with Gasteiger partial charge in [-0.3, -0.25) is 4.57 Å². The molecule has 0 aliphatic heterocycles. The number of benzene rings is 4. The maximum atomic E-state index is 6.52. The van der Waals surface area contributed by atoms with Gasteiger partial charge in [-0.15, -0.1) is 11.8 Å². The fourth-order valence-electron chi connectivity index (χ4n) is 6.05. The molecular formula is C37H32N4OS. The zero-order chi connectivity index (χ0) is 29.7. The normalized spacial score (nSPS) is 11.5. The number of hydrogen-bond donors (Lipinski definition) is 0. The molecule has 3 aromatic heterocycles. The molecule has 0 spiro atoms. The van der Waals surface area contributed by atoms with Crippen LogP contribution in [-0.4, -0.2) is 25.6 Å². The Morgan fingerprint density at radius 1 is 0.721 bits per heavy atom. The van der Waals surface area contributed by atoms with Gasteiger partial charge in [-0.05, 0) is 116 Å². The second kappa shape index (κ2) is 10.8. The number of fused-ring (bicyclic) bond motifs is 3. The molecule has 5 nitrogen and oxygen atoms in total. The van der Waals surface area contributed by atoms with Crippen LogP contribution in [0.5, 0.6) is 11.5 Å². The van der Waals surface area contributed by atoms with Crippen molar-refractivity contribution >= 4 is 33.6 Å². The monoisotopic (exact) mass is 580 g/mol. The third kappa shape index (κ3) is 4.98. The van der Waals surface area contributed by atoms with E-state index in [2.05, 4.69) is 111 Å². The number of thioether (sulfide) groups is 1. The van der Waals surface area contributed by atoms with Crippen molar-refractivity contribution in [2.24, 2.45) is 0 Å². The molecule has 43 heavy (non-hydrogen) atoms. The summed E-state index contributed by atoms with van der Waals surface area (Å²) >= 11 is 1.77. The number of pyridine rings is 1. The average molecular weight is 581 g/mol. The van der Waals surface area contributed by atoms with Gasteiger partial charge in [-0.25, -0.2) is 9.67 Å². The third-order valence-corrected chi connectivity index (χ3v) is 8.63. The number of nitrogens with zero attached hydrogens (tertiary/aromatic N) is 4. The van der Waals surface area contributed by atoms with E-state index < -0.39 is 0 Å². The van der Waals surface area contributed by atoms with Crippen LogP contribution in [0.1, 0.15) is 22.3 Å². The Hall–Kier alpha value is -4.81. The number of aryl methyl sites for hydroxylation is 4. The second-order valence-electron chi connectivity index (χ2n) is 11.1. The van der Waals surface area contributed by atoms with Crippen LogP contribution in [0, 0.1) is 27.7 Å². The third-order valence-electron chi connectivity index (χ3n) is 7.92. The summed E-state index contributed by atoms with van der Waals surface area (Å²) in [5, 5.41) is 7.09. The van der Waals surface area contributed by atoms with Crippen molar-refractivity contribution in [2.75, 3.05) is 6.26 Å². The molecule has 0 bridgehead atoms. The van der Waals surface area contributed by atoms with E-state index in [1.807, 2.05) is 35.3 Å². The van der Waals surface area contributed by atoms with Crippen LogP contribution in [-0.2, 0) is 0 Å². The Morgan fingerprint density at radius 3 is 2.30 bits per heavy atom. The molecule has 7 aromatic rings. The molecule has 0 aliphatic carbocycles. The quantitative estimate of drug-likeness (QED) is 0.184. The summed E-state index contributed by atoms with van der Waals surface area (Å²) < 4.78 is 10.7. The second-order valence-corrected chi connectivity index (χ2v) is 12.0. The van der Waals surface area contributed by atoms with Gasteiger partial charge in [0.2, 0.25) is 0 Å². The van der Waals surface area contributed by atoms with E-state index >= 15 is 0 Å². The molecule has 3 heterocycles. The average Bonchev–Trinajstić information content (AvgIpc) is 3.59. The summed E-state index contributed by atoms with van der Waals surface area (Å²) in [5.41, 5.74) is 10.2. The number of para-hydroxylation sites is 1. The Labute approximate surface area is 255 Å². The van der Waals surface area contributed by atoms with Crippen molar-refractivity contribution in [1.82, 2.24) is 19.3 Å². The Morgan fingerprint density at radius 2 is 1.51 bits per heavy atom. The van der Waals surface area contributed by atoms with Crippen molar-refractivity contribution in [2.45, 2.75) is 32.6 Å². The lowest BCUT2D eigenvalue weighted by atomic mass is 9.98. The first-order valence-corrected chi connectivity index (χ1v) is 15.6. The maximum absolute atomic E-state index is 6.52. The van der Waals surface area contributed by atoms with Gasteiger partial charge in [0.1, 0.15) is 17.3 Å². The van der Waals surface area contributed by atoms with E-state index in [-0.39, 0.29) is 0 Å². The summed E-state index contributed by atoms with van der Waals surface area (Å²) in [6.07, 6.45) is 8.03. The summed E-state index contributed by atoms with van der Waals surface area (Å²) in [6, 6.07) is 29.6. The first-order valence-electron chi connectivity index (χ1n) is 14.3. The molecule has 0 radical (unpaired) electrons. The van der Waals surface area contributed by atoms with Crippen LogP contribution in [0.25, 0.3) is 44.4 Å². The number of ether oxygens (including phenoxy) is 1. The largest absolute Gasteiger partial charge is 0.457 e. The molecule has 0 fully saturated rings. The summed E-state index contributed by atoms with van der Waals surface area (Å²) in [4.78, 5) is 5.99. The molecule has 0 amide bonds. The van der Waals surface area contributed by atoms with Crippen LogP contribution >= 0.6 is 11.8 Å². The number of hydrogen-bond acceptors (Lipinski definition) is 4. The van der Waals surface area contributed by atoms with Crippen LogP contribution in [0.4, 0.5) is 0 Å². The van der Waals surface area contributed by atoms with Crippen molar-refractivity contribution in [3.05, 3.63) is 126 Å². The zero-order valence-corrected chi connectivity index (χ0v) is 25.7. The molecule has 4 aromatic carbocycles. The van der Waals surface area contributed by atoms with Gasteiger partial charge in [-0.2, -0.15) is 5.10 Å². The van der Waals surface area contributed by atoms with E-state index in [0.717, 1.165) is 50.6 Å². The Bertz CT molecular complexity index is 2130. The molecule has 0 aliphatic rings. The summed E-state index contributed by atoms with van der Waals surface area (Å²) in [7, 11) is 0. The van der Waals surface area contributed by atoms with E-state index in [1.54, 1.807) is 11.8 Å². The standard InChI is InChI=1S/C37H32N4OS/c1-23-12-13-38-36(16-23)41-34-9-7-6-8-32(34)33-11-10-29(20-35(33)41)42-30-15-24(2)14-28(19-30)40-22-27(21-39-40)37-25(3)17-31(43-5)18-26(37)4/h6-22H,1-5H3. The fourth-order valence-corrected chi connectivity index (χ4v) is 6.64. The van der Waals surface area contributed by atoms with Crippen LogP contribution in [0.2, 0.25) is 0 Å². The van der Waals surface area contributed by atoms with Gasteiger partial charge < -0.3 is 4.74 Å². The predicted molar refractivity (Wildman–Crippen MR) is 178 cm³/mol. The van der Waals surface area contributed by atoms with E-state index in [9.17, 15) is 0 Å². The first kappa shape index (κ1) is 27.0. The SMILES string of the molecule is CSc1cc(C)c(-c2cnn(-c3cc(C)cc(Oc4ccc5c6ccccc6n(-c6cc(C)ccn6)c5c4)c3)c2)c(C)c1. The Balaban J connectivity index is 1.26. The van der Waals surface area contributed by atoms with E-state index in [0.29, 0.717) is 0 Å². The molecule has 0 atom stereocenters. The molecule has 7 rings (SSSR count). The van der Waals surface area contributed by atoms with Crippen molar-refractivity contribution in [3.8, 4) is 34.1 Å². The van der Waals surface area contributed by atoms with Crippen LogP contribution in [0.3, 0.4) is 0 Å². The lowest BCUT2D eigenvalue weighted by Crippen LogP contribution is -1.98. The van der Waals surface area contributed by atoms with E-state index in [1.165, 1.54) is 32.5 Å². The van der Waals surface area contributed by atoms with E-state index in [4.69, 9.17) is 14.8 Å². The highest BCUT2D eigenvalue weighted by Crippen LogP contribution is 2.36. The number of aromatic nitrogens is 4. The summed E-state index contributed by atoms with van der Waals surface area (Å²) in [5.74, 6) is 2.42. The minimum absolute atomic E-state index is 0.763. The lowest BCUT2D eigenvalue weighted by molar-refractivity contribution is 0.482. The molecular weight excluding hydrogens is 549 g/mol. The van der Waals surface area contributed by atoms with Gasteiger partial charge >= 0.3 is 0 Å². The number of rotatable bonds is 6. The fraction of sp³-hybridized carbons (Fsp3) is 0.135. The van der Waals surface area contributed by atoms with Gasteiger partial charge in [0.25, 0.3) is 0 Å². The molecule has 0 unspecified atom stereocenters. The topological polar surface area (TPSA) is 44.9 Å². The molecule has 0 saturated carbocycles. The van der Waals surface area contributed by atoms with Crippen molar-refractivity contribution in [3.63, 3.8) is 0 Å². The molecule has 0 saturated heterocycles. The van der Waals surface area contributed by atoms with Gasteiger partial charge in [0, 0.05) is 45.8 Å². The zero-order valence-electron chi connectivity index (χ0n) is 24.9. The first-order chi connectivity index (χ1) is 20.9. The highest BCUT2D eigenvalue weighted by atomic mass is 32.2. The minimum atomic E-state index is 0.763. The summed E-state index contributed by atoms with van der Waals surface area (Å²) in [6.45, 7) is 8.52. The predicted octanol–water partition coefficient (Wildman–Crippen LogP) is 9.78. The maximum Gasteiger partial charge on any atom is 0.137 e. The van der Waals surface area contributed by atoms with Crippen LogP contribution in [0.15, 0.2) is 108 Å². The van der Waals surface area contributed by atoms with Crippen molar-refractivity contribution in [1.29, 1.82) is 0 Å². The minimum Gasteiger partial charge on any atom is -0.457 e. The van der Waals surface area contributed by atoms with Gasteiger partial charge in [0.05, 0.1) is 22.9 Å². The van der Waals surface area contributed by atoms with Gasteiger partial charge in [0.15, 0.2) is 0 Å². The Kier molecular flexibility index (Phi) is 6.79. The highest BCUT2D eigenvalue weighted by Gasteiger charge is 2.15.